The largest absolute Gasteiger partial charge is 0.417 e. The molecule has 0 aromatic heterocycles. The summed E-state index contributed by atoms with van der Waals surface area (Å²) in [6.07, 6.45) is -4.02. The smallest absolute Gasteiger partial charge is 0.352 e. The first kappa shape index (κ1) is 34.9. The number of hydrogen-bond acceptors (Lipinski definition) is 4. The molecule has 44 heavy (non-hydrogen) atoms. The molecule has 238 valence electrons. The Balaban J connectivity index is 2.16. The Kier molecular flexibility index (Phi) is 11.5. The number of benzene rings is 3. The number of nitrogens with zero attached hydrogens (tertiary/aromatic N) is 2. The van der Waals surface area contributed by atoms with Crippen molar-refractivity contribution in [2.45, 2.75) is 77.2 Å². The van der Waals surface area contributed by atoms with Crippen molar-refractivity contribution in [3.05, 3.63) is 94.0 Å². The second-order valence-electron chi connectivity index (χ2n) is 10.7. The molecule has 0 fully saturated rings. The van der Waals surface area contributed by atoms with E-state index in [-0.39, 0.29) is 23.9 Å². The fraction of sp³-hybridized carbons (Fsp3) is 0.375. The van der Waals surface area contributed by atoms with E-state index >= 15 is 0 Å². The van der Waals surface area contributed by atoms with E-state index in [0.717, 1.165) is 28.8 Å². The molecule has 0 radical (unpaired) electrons. The van der Waals surface area contributed by atoms with Gasteiger partial charge in [-0.25, -0.2) is 8.42 Å². The van der Waals surface area contributed by atoms with Gasteiger partial charge in [0.1, 0.15) is 12.6 Å². The minimum Gasteiger partial charge on any atom is -0.352 e. The van der Waals surface area contributed by atoms with Gasteiger partial charge in [0.05, 0.1) is 21.2 Å². The van der Waals surface area contributed by atoms with Crippen molar-refractivity contribution in [2.75, 3.05) is 10.8 Å². The summed E-state index contributed by atoms with van der Waals surface area (Å²) in [4.78, 5) is 28.6. The van der Waals surface area contributed by atoms with E-state index < -0.39 is 56.9 Å². The number of amides is 2. The molecule has 0 heterocycles. The lowest BCUT2D eigenvalue weighted by Crippen LogP contribution is -2.53. The summed E-state index contributed by atoms with van der Waals surface area (Å²) in [5, 5.41) is 2.27. The summed E-state index contributed by atoms with van der Waals surface area (Å²) in [7, 11) is -4.56. The standard InChI is InChI=1S/C32H37ClF3N3O4S/c1-6-23(5)37-31(41)29(7-2)38(19-24-11-9-8-10-22(24)4)30(40)20-39(44(42,43)26-15-12-21(3)13-16-26)25-14-17-28(33)27(18-25)32(34,35)36/h8-18,23,29H,6-7,19-20H2,1-5H3,(H,37,41)/t23-,29+/m0/s1. The lowest BCUT2D eigenvalue weighted by atomic mass is 10.1. The number of carbonyl (C=O) groups is 2. The highest BCUT2D eigenvalue weighted by atomic mass is 35.5. The van der Waals surface area contributed by atoms with Crippen molar-refractivity contribution >= 4 is 39.1 Å². The van der Waals surface area contributed by atoms with Gasteiger partial charge in [0.2, 0.25) is 11.8 Å². The van der Waals surface area contributed by atoms with Crippen molar-refractivity contribution in [1.82, 2.24) is 10.2 Å². The van der Waals surface area contributed by atoms with E-state index in [0.29, 0.717) is 16.8 Å². The Bertz CT molecular complexity index is 1580. The van der Waals surface area contributed by atoms with Gasteiger partial charge in [-0.3, -0.25) is 13.9 Å². The van der Waals surface area contributed by atoms with Gasteiger partial charge in [-0.2, -0.15) is 13.2 Å². The predicted molar refractivity (Wildman–Crippen MR) is 166 cm³/mol. The number of halogens is 4. The average molecular weight is 652 g/mol. The maximum Gasteiger partial charge on any atom is 0.417 e. The van der Waals surface area contributed by atoms with Crippen LogP contribution in [-0.2, 0) is 32.3 Å². The second-order valence-corrected chi connectivity index (χ2v) is 12.9. The molecule has 0 aliphatic carbocycles. The molecule has 3 rings (SSSR count). The molecule has 0 saturated heterocycles. The first-order chi connectivity index (χ1) is 20.6. The molecule has 0 bridgehead atoms. The molecule has 12 heteroatoms. The van der Waals surface area contributed by atoms with Gasteiger partial charge in [-0.05, 0) is 75.1 Å². The lowest BCUT2D eigenvalue weighted by molar-refractivity contribution is -0.140. The van der Waals surface area contributed by atoms with E-state index in [1.165, 1.54) is 17.0 Å². The van der Waals surface area contributed by atoms with E-state index in [9.17, 15) is 31.2 Å². The molecule has 1 N–H and O–H groups in total. The SMILES string of the molecule is CC[C@H](C(=O)N[C@@H](C)CC)N(Cc1ccccc1C)C(=O)CN(c1ccc(Cl)c(C(F)(F)F)c1)S(=O)(=O)c1ccc(C)cc1. The zero-order chi connectivity index (χ0) is 32.8. The van der Waals surface area contributed by atoms with E-state index in [1.54, 1.807) is 38.1 Å². The molecule has 7 nitrogen and oxygen atoms in total. The molecule has 2 amide bonds. The molecular formula is C32H37ClF3N3O4S. The Morgan fingerprint density at radius 3 is 2.16 bits per heavy atom. The topological polar surface area (TPSA) is 86.8 Å². The van der Waals surface area contributed by atoms with E-state index in [2.05, 4.69) is 5.32 Å². The molecule has 0 aliphatic heterocycles. The second kappa shape index (κ2) is 14.5. The summed E-state index contributed by atoms with van der Waals surface area (Å²) >= 11 is 5.84. The van der Waals surface area contributed by atoms with Gasteiger partial charge in [0.15, 0.2) is 0 Å². The number of hydrogen-bond donors (Lipinski definition) is 1. The summed E-state index contributed by atoms with van der Waals surface area (Å²) < 4.78 is 70.1. The number of anilines is 1. The van der Waals surface area contributed by atoms with Crippen molar-refractivity contribution in [1.29, 1.82) is 0 Å². The van der Waals surface area contributed by atoms with Gasteiger partial charge in [-0.1, -0.05) is 67.4 Å². The van der Waals surface area contributed by atoms with Crippen LogP contribution in [0.2, 0.25) is 5.02 Å². The van der Waals surface area contributed by atoms with Crippen LogP contribution < -0.4 is 9.62 Å². The van der Waals surface area contributed by atoms with Crippen LogP contribution in [0.1, 0.15) is 55.9 Å². The Morgan fingerprint density at radius 1 is 0.955 bits per heavy atom. The molecule has 3 aromatic carbocycles. The zero-order valence-electron chi connectivity index (χ0n) is 25.3. The van der Waals surface area contributed by atoms with Crippen molar-refractivity contribution in [3.63, 3.8) is 0 Å². The van der Waals surface area contributed by atoms with Crippen LogP contribution in [0, 0.1) is 13.8 Å². The number of carbonyl (C=O) groups excluding carboxylic acids is 2. The highest BCUT2D eigenvalue weighted by molar-refractivity contribution is 7.92. The summed E-state index contributed by atoms with van der Waals surface area (Å²) in [5.74, 6) is -1.18. The van der Waals surface area contributed by atoms with E-state index in [1.807, 2.05) is 32.9 Å². The third-order valence-corrected chi connectivity index (χ3v) is 9.54. The minimum absolute atomic E-state index is 0.0230. The molecule has 2 atom stereocenters. The first-order valence-corrected chi connectivity index (χ1v) is 16.0. The first-order valence-electron chi connectivity index (χ1n) is 14.2. The molecule has 0 spiro atoms. The molecule has 0 aliphatic rings. The minimum atomic E-state index is -4.88. The summed E-state index contributed by atoms with van der Waals surface area (Å²) in [6.45, 7) is 8.17. The third-order valence-electron chi connectivity index (χ3n) is 7.42. The lowest BCUT2D eigenvalue weighted by Gasteiger charge is -2.34. The number of nitrogens with one attached hydrogen (secondary N) is 1. The van der Waals surface area contributed by atoms with Crippen molar-refractivity contribution < 1.29 is 31.2 Å². The fourth-order valence-corrected chi connectivity index (χ4v) is 6.21. The van der Waals surface area contributed by atoms with Crippen LogP contribution in [0.4, 0.5) is 18.9 Å². The maximum absolute atomic E-state index is 14.2. The quantitative estimate of drug-likeness (QED) is 0.231. The third kappa shape index (κ3) is 8.32. The van der Waals surface area contributed by atoms with Gasteiger partial charge < -0.3 is 10.2 Å². The van der Waals surface area contributed by atoms with Crippen LogP contribution in [-0.4, -0.2) is 43.8 Å². The van der Waals surface area contributed by atoms with Gasteiger partial charge in [0.25, 0.3) is 10.0 Å². The van der Waals surface area contributed by atoms with Crippen molar-refractivity contribution in [3.8, 4) is 0 Å². The molecule has 0 unspecified atom stereocenters. The Morgan fingerprint density at radius 2 is 1.59 bits per heavy atom. The molecular weight excluding hydrogens is 615 g/mol. The van der Waals surface area contributed by atoms with Crippen LogP contribution in [0.5, 0.6) is 0 Å². The van der Waals surface area contributed by atoms with Crippen molar-refractivity contribution in [2.24, 2.45) is 0 Å². The van der Waals surface area contributed by atoms with Crippen LogP contribution in [0.3, 0.4) is 0 Å². The maximum atomic E-state index is 14.2. The Labute approximate surface area is 262 Å². The highest BCUT2D eigenvalue weighted by Gasteiger charge is 2.37. The molecule has 0 saturated carbocycles. The van der Waals surface area contributed by atoms with Gasteiger partial charge >= 0.3 is 6.18 Å². The molecule has 3 aromatic rings. The fourth-order valence-electron chi connectivity index (χ4n) is 4.58. The number of aryl methyl sites for hydroxylation is 2. The van der Waals surface area contributed by atoms with Crippen LogP contribution >= 0.6 is 11.6 Å². The normalized spacial score (nSPS) is 13.2. The number of rotatable bonds is 12. The highest BCUT2D eigenvalue weighted by Crippen LogP contribution is 2.38. The summed E-state index contributed by atoms with van der Waals surface area (Å²) in [5.41, 5.74) is 0.696. The zero-order valence-corrected chi connectivity index (χ0v) is 26.9. The monoisotopic (exact) mass is 651 g/mol. The average Bonchev–Trinajstić information content (AvgIpc) is 2.96. The Hall–Kier alpha value is -3.57. The predicted octanol–water partition coefficient (Wildman–Crippen LogP) is 6.89. The van der Waals surface area contributed by atoms with E-state index in [4.69, 9.17) is 11.6 Å². The van der Waals surface area contributed by atoms with Gasteiger partial charge in [-0.15, -0.1) is 0 Å². The summed E-state index contributed by atoms with van der Waals surface area (Å²) in [6, 6.07) is 14.5. The van der Waals surface area contributed by atoms with Gasteiger partial charge in [0, 0.05) is 12.6 Å². The van der Waals surface area contributed by atoms with Crippen LogP contribution in [0.25, 0.3) is 0 Å². The number of sulfonamides is 1. The number of alkyl halides is 3. The van der Waals surface area contributed by atoms with Crippen LogP contribution in [0.15, 0.2) is 71.6 Å².